The summed E-state index contributed by atoms with van der Waals surface area (Å²) in [4.78, 5) is 12.2. The van der Waals surface area contributed by atoms with Crippen molar-refractivity contribution in [1.29, 1.82) is 0 Å². The van der Waals surface area contributed by atoms with Gasteiger partial charge in [0.15, 0.2) is 6.79 Å². The number of esters is 1. The number of ether oxygens (including phenoxy) is 2. The molecule has 0 spiro atoms. The van der Waals surface area contributed by atoms with Crippen molar-refractivity contribution in [3.8, 4) is 0 Å². The van der Waals surface area contributed by atoms with E-state index >= 15 is 0 Å². The van der Waals surface area contributed by atoms with Gasteiger partial charge in [0.05, 0.1) is 27.0 Å². The van der Waals surface area contributed by atoms with Gasteiger partial charge in [-0.3, -0.25) is 0 Å². The molecule has 0 radical (unpaired) electrons. The van der Waals surface area contributed by atoms with E-state index < -0.39 is 5.97 Å². The van der Waals surface area contributed by atoms with Gasteiger partial charge in [-0.05, 0) is 37.6 Å². The number of nitrogens with one attached hydrogen (secondary N) is 1. The van der Waals surface area contributed by atoms with Crippen molar-refractivity contribution in [3.05, 3.63) is 57.6 Å². The molecule has 7 heteroatoms. The molecule has 0 saturated carbocycles. The van der Waals surface area contributed by atoms with Crippen LogP contribution in [0.25, 0.3) is 0 Å². The van der Waals surface area contributed by atoms with Crippen molar-refractivity contribution in [1.82, 2.24) is 0 Å². The Labute approximate surface area is 163 Å². The molecule has 0 heterocycles. The van der Waals surface area contributed by atoms with Gasteiger partial charge in [0.25, 0.3) is 0 Å². The molecular weight excluding hydrogens is 344 g/mol. The fraction of sp³-hybridized carbons (Fsp3) is 0.235. The first-order chi connectivity index (χ1) is 11.0. The summed E-state index contributed by atoms with van der Waals surface area (Å²) in [5.74, 6) is -0.485. The molecule has 0 atom stereocenters. The van der Waals surface area contributed by atoms with Crippen LogP contribution in [0.15, 0.2) is 36.4 Å². The fourth-order valence-electron chi connectivity index (χ4n) is 1.93. The minimum atomic E-state index is -0.485. The summed E-state index contributed by atoms with van der Waals surface area (Å²) < 4.78 is 10.1. The SMILES string of the molecule is CCOCOC(=O)c1ccccc1Nc1c(Cl)ccc(C)c1Cl.[LiH]. The normalized spacial score (nSPS) is 10.0. The average Bonchev–Trinajstić information content (AvgIpc) is 2.55. The molecule has 0 unspecified atom stereocenters. The van der Waals surface area contributed by atoms with Gasteiger partial charge in [0.2, 0.25) is 0 Å². The van der Waals surface area contributed by atoms with Crippen LogP contribution in [0.1, 0.15) is 22.8 Å². The molecule has 0 saturated heterocycles. The average molecular weight is 362 g/mol. The Hall–Kier alpha value is -1.15. The molecule has 0 bridgehead atoms. The van der Waals surface area contributed by atoms with Crippen molar-refractivity contribution in [2.24, 2.45) is 0 Å². The van der Waals surface area contributed by atoms with Gasteiger partial charge in [-0.1, -0.05) is 41.4 Å². The monoisotopic (exact) mass is 361 g/mol. The van der Waals surface area contributed by atoms with Crippen LogP contribution in [-0.2, 0) is 9.47 Å². The Morgan fingerprint density at radius 1 is 1.17 bits per heavy atom. The summed E-state index contributed by atoms with van der Waals surface area (Å²) in [6, 6.07) is 10.6. The summed E-state index contributed by atoms with van der Waals surface area (Å²) in [5.41, 5.74) is 2.37. The van der Waals surface area contributed by atoms with Crippen molar-refractivity contribution in [2.45, 2.75) is 13.8 Å². The van der Waals surface area contributed by atoms with Crippen molar-refractivity contribution in [3.63, 3.8) is 0 Å². The molecule has 0 aromatic heterocycles. The summed E-state index contributed by atoms with van der Waals surface area (Å²) >= 11 is 12.5. The molecule has 0 fully saturated rings. The third-order valence-electron chi connectivity index (χ3n) is 3.17. The van der Waals surface area contributed by atoms with Crippen LogP contribution in [-0.4, -0.2) is 38.2 Å². The first-order valence-corrected chi connectivity index (χ1v) is 7.85. The Morgan fingerprint density at radius 2 is 1.88 bits per heavy atom. The van der Waals surface area contributed by atoms with E-state index in [2.05, 4.69) is 5.32 Å². The van der Waals surface area contributed by atoms with E-state index in [-0.39, 0.29) is 25.7 Å². The van der Waals surface area contributed by atoms with E-state index in [1.807, 2.05) is 19.9 Å². The van der Waals surface area contributed by atoms with Crippen molar-refractivity contribution < 1.29 is 14.3 Å². The van der Waals surface area contributed by atoms with Crippen LogP contribution in [0.2, 0.25) is 10.0 Å². The minimum absolute atomic E-state index is 0. The van der Waals surface area contributed by atoms with Crippen LogP contribution in [0.3, 0.4) is 0 Å². The molecule has 0 aliphatic rings. The zero-order valence-corrected chi connectivity index (χ0v) is 14.4. The topological polar surface area (TPSA) is 47.6 Å². The number of rotatable bonds is 6. The third-order valence-corrected chi connectivity index (χ3v) is 3.97. The fourth-order valence-corrected chi connectivity index (χ4v) is 2.40. The summed E-state index contributed by atoms with van der Waals surface area (Å²) in [6.07, 6.45) is 0. The quantitative estimate of drug-likeness (QED) is 0.355. The van der Waals surface area contributed by atoms with E-state index in [1.165, 1.54) is 0 Å². The van der Waals surface area contributed by atoms with Crippen LogP contribution < -0.4 is 5.32 Å². The third kappa shape index (κ3) is 5.17. The van der Waals surface area contributed by atoms with Gasteiger partial charge in [0, 0.05) is 6.61 Å². The second kappa shape index (κ2) is 9.98. The zero-order valence-electron chi connectivity index (χ0n) is 12.9. The molecule has 2 rings (SSSR count). The first-order valence-electron chi connectivity index (χ1n) is 7.10. The summed E-state index contributed by atoms with van der Waals surface area (Å²) in [7, 11) is 0. The number of benzene rings is 2. The van der Waals surface area contributed by atoms with Crippen LogP contribution in [0.5, 0.6) is 0 Å². The number of hydrogen-bond donors (Lipinski definition) is 1. The van der Waals surface area contributed by atoms with E-state index in [9.17, 15) is 4.79 Å². The second-order valence-corrected chi connectivity index (χ2v) is 5.55. The predicted octanol–water partition coefficient (Wildman–Crippen LogP) is 4.55. The number of carbonyl (C=O) groups excluding carboxylic acids is 1. The Morgan fingerprint density at radius 3 is 2.58 bits per heavy atom. The van der Waals surface area contributed by atoms with E-state index in [0.717, 1.165) is 5.56 Å². The standard InChI is InChI=1S/C17H17Cl2NO3.Li.H/c1-3-22-10-23-17(21)12-6-4-5-7-14(12)20-16-13(18)9-8-11(2)15(16)19;;/h4-9,20H,3,10H2,1-2H3;;. The molecule has 4 nitrogen and oxygen atoms in total. The number of carbonyl (C=O) groups is 1. The molecular formula is C17H18Cl2LiNO3. The maximum absolute atomic E-state index is 12.2. The molecule has 0 amide bonds. The van der Waals surface area contributed by atoms with Gasteiger partial charge >= 0.3 is 24.8 Å². The van der Waals surface area contributed by atoms with Gasteiger partial charge in [0.1, 0.15) is 0 Å². The molecule has 2 aromatic carbocycles. The number of anilines is 2. The second-order valence-electron chi connectivity index (χ2n) is 4.77. The maximum atomic E-state index is 12.2. The Kier molecular flexibility index (Phi) is 8.69. The van der Waals surface area contributed by atoms with Crippen LogP contribution in [0, 0.1) is 6.92 Å². The molecule has 1 N–H and O–H groups in total. The number of aryl methyl sites for hydroxylation is 1. The van der Waals surface area contributed by atoms with Crippen LogP contribution in [0.4, 0.5) is 11.4 Å². The molecule has 124 valence electrons. The molecule has 0 aliphatic heterocycles. The first kappa shape index (κ1) is 20.9. The number of halogens is 2. The zero-order chi connectivity index (χ0) is 16.8. The summed E-state index contributed by atoms with van der Waals surface area (Å²) in [5, 5.41) is 4.10. The molecule has 2 aromatic rings. The van der Waals surface area contributed by atoms with Crippen molar-refractivity contribution in [2.75, 3.05) is 18.7 Å². The van der Waals surface area contributed by atoms with E-state index in [1.54, 1.807) is 30.3 Å². The Bertz CT molecular complexity index is 710. The van der Waals surface area contributed by atoms with E-state index in [4.69, 9.17) is 32.7 Å². The van der Waals surface area contributed by atoms with Crippen molar-refractivity contribution >= 4 is 59.4 Å². The molecule has 24 heavy (non-hydrogen) atoms. The van der Waals surface area contributed by atoms with Gasteiger partial charge < -0.3 is 14.8 Å². The van der Waals surface area contributed by atoms with E-state index in [0.29, 0.717) is 33.6 Å². The number of para-hydroxylation sites is 1. The Balaban J connectivity index is 0.00000288. The summed E-state index contributed by atoms with van der Waals surface area (Å²) in [6.45, 7) is 4.09. The molecule has 0 aliphatic carbocycles. The van der Waals surface area contributed by atoms with Gasteiger partial charge in [-0.25, -0.2) is 4.79 Å². The van der Waals surface area contributed by atoms with Crippen LogP contribution >= 0.6 is 23.2 Å². The van der Waals surface area contributed by atoms with Gasteiger partial charge in [-0.15, -0.1) is 0 Å². The van der Waals surface area contributed by atoms with Gasteiger partial charge in [-0.2, -0.15) is 0 Å². The predicted molar refractivity (Wildman–Crippen MR) is 100.0 cm³/mol. The number of hydrogen-bond acceptors (Lipinski definition) is 4.